The molecule has 0 unspecified atom stereocenters. The van der Waals surface area contributed by atoms with Gasteiger partial charge in [0.2, 0.25) is 0 Å². The lowest BCUT2D eigenvalue weighted by Gasteiger charge is -2.40. The van der Waals surface area contributed by atoms with Crippen molar-refractivity contribution in [3.63, 3.8) is 0 Å². The van der Waals surface area contributed by atoms with E-state index < -0.39 is 0 Å². The minimum atomic E-state index is 0.104. The van der Waals surface area contributed by atoms with Crippen LogP contribution < -0.4 is 5.32 Å². The van der Waals surface area contributed by atoms with Gasteiger partial charge in [-0.05, 0) is 68.8 Å². The molecule has 0 radical (unpaired) electrons. The lowest BCUT2D eigenvalue weighted by Crippen LogP contribution is -2.47. The fraction of sp³-hybridized carbons (Fsp3) is 0.538. The predicted octanol–water partition coefficient (Wildman–Crippen LogP) is 3.87. The number of ether oxygens (including phenoxy) is 1. The van der Waals surface area contributed by atoms with E-state index >= 15 is 0 Å². The molecule has 1 aliphatic carbocycles. The van der Waals surface area contributed by atoms with Crippen molar-refractivity contribution in [1.29, 1.82) is 0 Å². The molecule has 4 heteroatoms. The first-order valence-electron chi connectivity index (χ1n) is 5.85. The molecular weight excluding hydrogens is 346 g/mol. The molecule has 0 heterocycles. The van der Waals surface area contributed by atoms with Crippen LogP contribution in [-0.4, -0.2) is 19.3 Å². The summed E-state index contributed by atoms with van der Waals surface area (Å²) in [6.45, 7) is 1.83. The van der Waals surface area contributed by atoms with Crippen LogP contribution in [-0.2, 0) is 11.3 Å². The molecule has 1 saturated carbocycles. The van der Waals surface area contributed by atoms with Gasteiger partial charge in [0.25, 0.3) is 0 Å². The molecule has 0 amide bonds. The lowest BCUT2D eigenvalue weighted by molar-refractivity contribution is -0.0695. The number of halogens is 2. The molecule has 1 N–H and O–H groups in total. The summed E-state index contributed by atoms with van der Waals surface area (Å²) in [7, 11) is 1.82. The first-order chi connectivity index (χ1) is 8.15. The molecule has 2 rings (SSSR count). The zero-order valence-corrected chi connectivity index (χ0v) is 13.1. The third kappa shape index (κ3) is 3.31. The summed E-state index contributed by atoms with van der Waals surface area (Å²) in [6.07, 6.45) is 3.65. The summed E-state index contributed by atoms with van der Waals surface area (Å²) >= 11 is 6.99. The lowest BCUT2D eigenvalue weighted by atomic mass is 9.80. The molecular formula is C13H17Br2NO. The summed E-state index contributed by atoms with van der Waals surface area (Å²) in [5.74, 6) is 0. The Hall–Kier alpha value is 0.1000. The summed E-state index contributed by atoms with van der Waals surface area (Å²) in [6, 6.07) is 6.33. The van der Waals surface area contributed by atoms with Crippen molar-refractivity contribution in [3.8, 4) is 0 Å². The average molecular weight is 363 g/mol. The van der Waals surface area contributed by atoms with E-state index in [-0.39, 0.29) is 5.60 Å². The van der Waals surface area contributed by atoms with Gasteiger partial charge in [0.1, 0.15) is 0 Å². The zero-order chi connectivity index (χ0) is 12.3. The van der Waals surface area contributed by atoms with Gasteiger partial charge in [0.15, 0.2) is 0 Å². The van der Waals surface area contributed by atoms with Gasteiger partial charge in [-0.25, -0.2) is 0 Å². The number of rotatable bonds is 5. The van der Waals surface area contributed by atoms with Crippen LogP contribution in [0.2, 0.25) is 0 Å². The second kappa shape index (κ2) is 5.83. The third-order valence-corrected chi connectivity index (χ3v) is 5.34. The number of nitrogens with one attached hydrogen (secondary N) is 1. The molecule has 94 valence electrons. The van der Waals surface area contributed by atoms with E-state index in [1.165, 1.54) is 24.8 Å². The van der Waals surface area contributed by atoms with E-state index in [1.807, 2.05) is 7.11 Å². The van der Waals surface area contributed by atoms with Crippen LogP contribution in [0.15, 0.2) is 27.1 Å². The van der Waals surface area contributed by atoms with Crippen LogP contribution in [0.4, 0.5) is 0 Å². The summed E-state index contributed by atoms with van der Waals surface area (Å²) < 4.78 is 7.77. The monoisotopic (exact) mass is 361 g/mol. The quantitative estimate of drug-likeness (QED) is 0.858. The fourth-order valence-electron chi connectivity index (χ4n) is 2.11. The number of methoxy groups -OCH3 is 1. The molecule has 0 aliphatic heterocycles. The van der Waals surface area contributed by atoms with Gasteiger partial charge in [0, 0.05) is 29.1 Å². The molecule has 2 nitrogen and oxygen atoms in total. The van der Waals surface area contributed by atoms with Crippen LogP contribution >= 0.6 is 31.9 Å². The minimum absolute atomic E-state index is 0.104. The van der Waals surface area contributed by atoms with Gasteiger partial charge in [0.05, 0.1) is 5.60 Å². The van der Waals surface area contributed by atoms with Gasteiger partial charge < -0.3 is 10.1 Å². The Morgan fingerprint density at radius 2 is 2.06 bits per heavy atom. The van der Waals surface area contributed by atoms with Gasteiger partial charge in [-0.2, -0.15) is 0 Å². The second-order valence-electron chi connectivity index (χ2n) is 4.59. The maximum absolute atomic E-state index is 5.58. The van der Waals surface area contributed by atoms with E-state index in [2.05, 4.69) is 55.4 Å². The van der Waals surface area contributed by atoms with Crippen molar-refractivity contribution < 1.29 is 4.74 Å². The first-order valence-corrected chi connectivity index (χ1v) is 7.44. The molecule has 0 saturated heterocycles. The Kier molecular flexibility index (Phi) is 4.64. The highest BCUT2D eigenvalue weighted by atomic mass is 79.9. The van der Waals surface area contributed by atoms with Crippen molar-refractivity contribution in [2.75, 3.05) is 13.7 Å². The van der Waals surface area contributed by atoms with Crippen LogP contribution in [0.25, 0.3) is 0 Å². The normalized spacial score (nSPS) is 17.8. The van der Waals surface area contributed by atoms with E-state index in [9.17, 15) is 0 Å². The minimum Gasteiger partial charge on any atom is -0.377 e. The average Bonchev–Trinajstić information content (AvgIpc) is 2.27. The molecule has 1 fully saturated rings. The number of hydrogen-bond acceptors (Lipinski definition) is 2. The maximum atomic E-state index is 5.58. The second-order valence-corrected chi connectivity index (χ2v) is 6.30. The van der Waals surface area contributed by atoms with Crippen LogP contribution in [0, 0.1) is 0 Å². The van der Waals surface area contributed by atoms with E-state index in [0.29, 0.717) is 0 Å². The molecule has 0 bridgehead atoms. The summed E-state index contributed by atoms with van der Waals surface area (Å²) in [5.41, 5.74) is 1.39. The zero-order valence-electron chi connectivity index (χ0n) is 9.93. The van der Waals surface area contributed by atoms with E-state index in [0.717, 1.165) is 22.0 Å². The van der Waals surface area contributed by atoms with Crippen molar-refractivity contribution in [3.05, 3.63) is 32.7 Å². The Bertz CT molecular complexity index is 385. The predicted molar refractivity (Wildman–Crippen MR) is 77.1 cm³/mol. The van der Waals surface area contributed by atoms with Gasteiger partial charge in [-0.1, -0.05) is 6.07 Å². The molecule has 1 aromatic rings. The molecule has 1 aliphatic rings. The SMILES string of the molecule is COC1(CNCc2ccc(Br)c(Br)c2)CCC1. The van der Waals surface area contributed by atoms with Crippen molar-refractivity contribution >= 4 is 31.9 Å². The Morgan fingerprint density at radius 3 is 2.59 bits per heavy atom. The Labute approximate surface area is 119 Å². The van der Waals surface area contributed by atoms with Crippen LogP contribution in [0.1, 0.15) is 24.8 Å². The molecule has 0 spiro atoms. The maximum Gasteiger partial charge on any atom is 0.0802 e. The standard InChI is InChI=1S/C13H17Br2NO/c1-17-13(5-2-6-13)9-16-8-10-3-4-11(14)12(15)7-10/h3-4,7,16H,2,5-6,8-9H2,1H3. The van der Waals surface area contributed by atoms with Crippen molar-refractivity contribution in [1.82, 2.24) is 5.32 Å². The Balaban J connectivity index is 1.83. The highest BCUT2D eigenvalue weighted by Crippen LogP contribution is 2.34. The van der Waals surface area contributed by atoms with Gasteiger partial charge >= 0.3 is 0 Å². The van der Waals surface area contributed by atoms with E-state index in [1.54, 1.807) is 0 Å². The molecule has 17 heavy (non-hydrogen) atoms. The molecule has 0 atom stereocenters. The Morgan fingerprint density at radius 1 is 1.29 bits per heavy atom. The largest absolute Gasteiger partial charge is 0.377 e. The van der Waals surface area contributed by atoms with Crippen molar-refractivity contribution in [2.24, 2.45) is 0 Å². The smallest absolute Gasteiger partial charge is 0.0802 e. The summed E-state index contributed by atoms with van der Waals surface area (Å²) in [4.78, 5) is 0. The van der Waals surface area contributed by atoms with Gasteiger partial charge in [-0.15, -0.1) is 0 Å². The van der Waals surface area contributed by atoms with Crippen LogP contribution in [0.3, 0.4) is 0 Å². The highest BCUT2D eigenvalue weighted by Gasteiger charge is 2.36. The molecule has 1 aromatic carbocycles. The first kappa shape index (κ1) is 13.5. The topological polar surface area (TPSA) is 21.3 Å². The van der Waals surface area contributed by atoms with E-state index in [4.69, 9.17) is 4.74 Å². The third-order valence-electron chi connectivity index (χ3n) is 3.46. The van der Waals surface area contributed by atoms with Crippen molar-refractivity contribution in [2.45, 2.75) is 31.4 Å². The van der Waals surface area contributed by atoms with Gasteiger partial charge in [-0.3, -0.25) is 0 Å². The number of hydrogen-bond donors (Lipinski definition) is 1. The number of benzene rings is 1. The summed E-state index contributed by atoms with van der Waals surface area (Å²) in [5, 5.41) is 3.48. The fourth-order valence-corrected chi connectivity index (χ4v) is 2.78. The van der Waals surface area contributed by atoms with Crippen LogP contribution in [0.5, 0.6) is 0 Å². The molecule has 0 aromatic heterocycles. The highest BCUT2D eigenvalue weighted by molar-refractivity contribution is 9.13.